The van der Waals surface area contributed by atoms with Gasteiger partial charge < -0.3 is 9.72 Å². The van der Waals surface area contributed by atoms with E-state index in [9.17, 15) is 0 Å². The lowest BCUT2D eigenvalue weighted by atomic mass is 9.90. The monoisotopic (exact) mass is 312 g/mol. The predicted molar refractivity (Wildman–Crippen MR) is 93.6 cm³/mol. The number of hydrogen-bond acceptors (Lipinski definition) is 4. The average molecular weight is 312 g/mol. The van der Waals surface area contributed by atoms with Gasteiger partial charge in [0.05, 0.1) is 12.9 Å². The minimum atomic E-state index is 0.396. The number of ether oxygens (including phenoxy) is 1. The topological polar surface area (TPSA) is 63.7 Å². The first-order valence-electron chi connectivity index (χ1n) is 7.82. The fourth-order valence-corrected chi connectivity index (χ4v) is 2.24. The zero-order valence-corrected chi connectivity index (χ0v) is 14.0. The summed E-state index contributed by atoms with van der Waals surface area (Å²) in [5.41, 5.74) is 2.43. The summed E-state index contributed by atoms with van der Waals surface area (Å²) in [5.74, 6) is 0.532. The quantitative estimate of drug-likeness (QED) is 0.678. The van der Waals surface area contributed by atoms with E-state index < -0.39 is 0 Å². The second kappa shape index (κ2) is 7.72. The van der Waals surface area contributed by atoms with Crippen molar-refractivity contribution in [3.63, 3.8) is 0 Å². The van der Waals surface area contributed by atoms with Gasteiger partial charge in [-0.05, 0) is 25.2 Å². The summed E-state index contributed by atoms with van der Waals surface area (Å²) in [5, 5.41) is 0. The number of imidazole rings is 1. The Morgan fingerprint density at radius 2 is 2.09 bits per heavy atom. The summed E-state index contributed by atoms with van der Waals surface area (Å²) in [7, 11) is 0. The normalized spacial score (nSPS) is 15.6. The Hall–Kier alpha value is -2.43. The van der Waals surface area contributed by atoms with Crippen molar-refractivity contribution in [1.82, 2.24) is 19.9 Å². The molecule has 122 valence electrons. The summed E-state index contributed by atoms with van der Waals surface area (Å²) in [6.07, 6.45) is 14.3. The molecule has 3 rings (SSSR count). The molecule has 0 spiro atoms. The van der Waals surface area contributed by atoms with Crippen LogP contribution in [0.5, 0.6) is 0 Å². The standard InChI is InChI=1S/C9H10N4O.C9H14/c1-3-14-6(2)7-8-9(12-4-10-7)13-5-11-8;1-9(2)7-5-3-4-6-8-9/h4-5H,2-3H2,1H3,(H,10,11,12,13);3,5-6,8H,4,7H2,1-2H3. The number of hydrogen-bond donors (Lipinski definition) is 1. The van der Waals surface area contributed by atoms with E-state index >= 15 is 0 Å². The number of aromatic nitrogens is 4. The summed E-state index contributed by atoms with van der Waals surface area (Å²) >= 11 is 0. The average Bonchev–Trinajstić information content (AvgIpc) is 2.91. The molecule has 0 aliphatic heterocycles. The molecule has 1 aliphatic rings. The number of nitrogens with one attached hydrogen (secondary N) is 1. The molecule has 23 heavy (non-hydrogen) atoms. The maximum Gasteiger partial charge on any atom is 0.181 e. The Morgan fingerprint density at radius 3 is 2.87 bits per heavy atom. The maximum atomic E-state index is 5.27. The van der Waals surface area contributed by atoms with Gasteiger partial charge in [0.15, 0.2) is 5.65 Å². The van der Waals surface area contributed by atoms with Crippen LogP contribution in [-0.2, 0) is 4.74 Å². The van der Waals surface area contributed by atoms with E-state index in [4.69, 9.17) is 4.74 Å². The van der Waals surface area contributed by atoms with Gasteiger partial charge >= 0.3 is 0 Å². The minimum absolute atomic E-state index is 0.396. The van der Waals surface area contributed by atoms with E-state index in [1.807, 2.05) is 6.92 Å². The highest BCUT2D eigenvalue weighted by molar-refractivity contribution is 5.81. The first kappa shape index (κ1) is 16.9. The number of rotatable bonds is 3. The van der Waals surface area contributed by atoms with Crippen LogP contribution in [0.3, 0.4) is 0 Å². The van der Waals surface area contributed by atoms with Gasteiger partial charge in [0.2, 0.25) is 0 Å². The van der Waals surface area contributed by atoms with E-state index in [-0.39, 0.29) is 0 Å². The lowest BCUT2D eigenvalue weighted by Crippen LogP contribution is -2.03. The van der Waals surface area contributed by atoms with Crippen molar-refractivity contribution in [3.05, 3.63) is 49.2 Å². The molecule has 0 saturated carbocycles. The van der Waals surface area contributed by atoms with Crippen molar-refractivity contribution >= 4 is 16.9 Å². The molecule has 0 amide bonds. The molecule has 0 radical (unpaired) electrons. The van der Waals surface area contributed by atoms with E-state index in [0.717, 1.165) is 11.9 Å². The number of allylic oxidation sites excluding steroid dienone is 4. The SMILES string of the molecule is C=C(OCC)c1ncnc2nc[nH]c12.CC1(C)C=CCC=CC1. The first-order valence-corrected chi connectivity index (χ1v) is 7.82. The Labute approximate surface area is 137 Å². The van der Waals surface area contributed by atoms with Crippen molar-refractivity contribution in [2.45, 2.75) is 33.6 Å². The molecule has 0 bridgehead atoms. The lowest BCUT2D eigenvalue weighted by Gasteiger charge is -2.15. The fraction of sp³-hybridized carbons (Fsp3) is 0.389. The molecule has 0 fully saturated rings. The predicted octanol–water partition coefficient (Wildman–Crippen LogP) is 4.28. The van der Waals surface area contributed by atoms with Crippen LogP contribution in [0.1, 0.15) is 39.3 Å². The van der Waals surface area contributed by atoms with Crippen molar-refractivity contribution in [2.24, 2.45) is 5.41 Å². The third-order valence-electron chi connectivity index (χ3n) is 3.46. The second-order valence-corrected chi connectivity index (χ2v) is 5.98. The van der Waals surface area contributed by atoms with Crippen LogP contribution in [0.15, 0.2) is 43.5 Å². The van der Waals surface area contributed by atoms with Gasteiger partial charge in [-0.1, -0.05) is 44.7 Å². The molecule has 2 aromatic rings. The van der Waals surface area contributed by atoms with Gasteiger partial charge in [-0.3, -0.25) is 0 Å². The smallest absolute Gasteiger partial charge is 0.181 e. The molecular formula is C18H24N4O. The Morgan fingerprint density at radius 1 is 1.26 bits per heavy atom. The number of aromatic amines is 1. The highest BCUT2D eigenvalue weighted by atomic mass is 16.5. The summed E-state index contributed by atoms with van der Waals surface area (Å²) < 4.78 is 5.27. The van der Waals surface area contributed by atoms with Crippen molar-refractivity contribution in [3.8, 4) is 0 Å². The Kier molecular flexibility index (Phi) is 5.68. The molecule has 5 nitrogen and oxygen atoms in total. The third kappa shape index (κ3) is 4.77. The molecule has 0 atom stereocenters. The van der Waals surface area contributed by atoms with Crippen LogP contribution >= 0.6 is 0 Å². The van der Waals surface area contributed by atoms with E-state index in [1.165, 1.54) is 12.7 Å². The van der Waals surface area contributed by atoms with E-state index in [1.54, 1.807) is 6.33 Å². The highest BCUT2D eigenvalue weighted by Gasteiger charge is 2.11. The first-order chi connectivity index (χ1) is 11.0. The molecule has 0 aromatic carbocycles. The third-order valence-corrected chi connectivity index (χ3v) is 3.46. The summed E-state index contributed by atoms with van der Waals surface area (Å²) in [6.45, 7) is 10.8. The number of nitrogens with zero attached hydrogens (tertiary/aromatic N) is 3. The molecule has 2 heterocycles. The van der Waals surface area contributed by atoms with Crippen molar-refractivity contribution in [2.75, 3.05) is 6.61 Å². The van der Waals surface area contributed by atoms with E-state index in [0.29, 0.717) is 29.1 Å². The summed E-state index contributed by atoms with van der Waals surface area (Å²) in [4.78, 5) is 15.1. The molecule has 0 unspecified atom stereocenters. The fourth-order valence-electron chi connectivity index (χ4n) is 2.24. The largest absolute Gasteiger partial charge is 0.492 e. The van der Waals surface area contributed by atoms with Crippen molar-refractivity contribution in [1.29, 1.82) is 0 Å². The summed E-state index contributed by atoms with van der Waals surface area (Å²) in [6, 6.07) is 0. The highest BCUT2D eigenvalue weighted by Crippen LogP contribution is 2.24. The second-order valence-electron chi connectivity index (χ2n) is 5.98. The molecule has 2 aromatic heterocycles. The zero-order valence-electron chi connectivity index (χ0n) is 14.0. The molecule has 5 heteroatoms. The van der Waals surface area contributed by atoms with Crippen LogP contribution in [0.2, 0.25) is 0 Å². The molecule has 0 saturated heterocycles. The maximum absolute atomic E-state index is 5.27. The van der Waals surface area contributed by atoms with Gasteiger partial charge in [-0.15, -0.1) is 0 Å². The van der Waals surface area contributed by atoms with Crippen LogP contribution in [0.25, 0.3) is 16.9 Å². The lowest BCUT2D eigenvalue weighted by molar-refractivity contribution is 0.298. The zero-order chi connectivity index (χ0) is 16.7. The molecule has 1 N–H and O–H groups in total. The number of fused-ring (bicyclic) bond motifs is 1. The minimum Gasteiger partial charge on any atom is -0.492 e. The van der Waals surface area contributed by atoms with E-state index in [2.05, 4.69) is 64.7 Å². The van der Waals surface area contributed by atoms with Gasteiger partial charge in [0, 0.05) is 0 Å². The van der Waals surface area contributed by atoms with Gasteiger partial charge in [-0.25, -0.2) is 15.0 Å². The van der Waals surface area contributed by atoms with Gasteiger partial charge in [-0.2, -0.15) is 0 Å². The van der Waals surface area contributed by atoms with Crippen LogP contribution < -0.4 is 0 Å². The van der Waals surface area contributed by atoms with Crippen LogP contribution in [0, 0.1) is 5.41 Å². The Bertz CT molecular complexity index is 713. The van der Waals surface area contributed by atoms with Gasteiger partial charge in [0.25, 0.3) is 0 Å². The van der Waals surface area contributed by atoms with Crippen LogP contribution in [-0.4, -0.2) is 26.5 Å². The molecular weight excluding hydrogens is 288 g/mol. The number of H-pyrrole nitrogens is 1. The van der Waals surface area contributed by atoms with Crippen LogP contribution in [0.4, 0.5) is 0 Å². The Balaban J connectivity index is 0.000000185. The van der Waals surface area contributed by atoms with Crippen molar-refractivity contribution < 1.29 is 4.74 Å². The van der Waals surface area contributed by atoms with Gasteiger partial charge in [0.1, 0.15) is 23.3 Å². The molecule has 1 aliphatic carbocycles.